The number of sulfone groups is 1. The molecule has 5 nitrogen and oxygen atoms in total. The van der Waals surface area contributed by atoms with Gasteiger partial charge in [0.05, 0.1) is 4.90 Å². The highest BCUT2D eigenvalue weighted by molar-refractivity contribution is 7.90. The average molecular weight is 407 g/mol. The van der Waals surface area contributed by atoms with Crippen molar-refractivity contribution in [2.45, 2.75) is 11.3 Å². The lowest BCUT2D eigenvalue weighted by molar-refractivity contribution is 0.102. The van der Waals surface area contributed by atoms with Gasteiger partial charge in [0.25, 0.3) is 5.91 Å². The lowest BCUT2D eigenvalue weighted by Crippen LogP contribution is -2.11. The van der Waals surface area contributed by atoms with Gasteiger partial charge in [-0.2, -0.15) is 0 Å². The van der Waals surface area contributed by atoms with E-state index in [2.05, 4.69) is 10.3 Å². The maximum atomic E-state index is 12.3. The number of anilines is 1. The summed E-state index contributed by atoms with van der Waals surface area (Å²) in [5, 5.41) is 3.91. The third kappa shape index (κ3) is 4.69. The highest BCUT2D eigenvalue weighted by Crippen LogP contribution is 2.22. The van der Waals surface area contributed by atoms with Crippen molar-refractivity contribution in [1.82, 2.24) is 4.98 Å². The smallest absolute Gasteiger partial charge is 0.257 e. The van der Waals surface area contributed by atoms with Crippen molar-refractivity contribution in [3.63, 3.8) is 0 Å². The van der Waals surface area contributed by atoms with E-state index in [0.717, 1.165) is 16.7 Å². The van der Waals surface area contributed by atoms with E-state index in [0.29, 0.717) is 22.1 Å². The molecule has 0 aliphatic carbocycles. The van der Waals surface area contributed by atoms with Crippen LogP contribution in [0.3, 0.4) is 0 Å². The number of halogens is 1. The van der Waals surface area contributed by atoms with Crippen molar-refractivity contribution >= 4 is 43.8 Å². The lowest BCUT2D eigenvalue weighted by atomic mass is 10.1. The van der Waals surface area contributed by atoms with E-state index in [1.54, 1.807) is 6.20 Å². The van der Waals surface area contributed by atoms with E-state index in [1.165, 1.54) is 35.6 Å². The second-order valence-corrected chi connectivity index (χ2v) is 9.25. The number of nitrogens with zero attached hydrogens (tertiary/aromatic N) is 1. The van der Waals surface area contributed by atoms with Gasteiger partial charge in [-0.1, -0.05) is 23.7 Å². The molecule has 0 atom stereocenters. The minimum absolute atomic E-state index is 0.175. The minimum atomic E-state index is -3.28. The fourth-order valence-corrected chi connectivity index (χ4v) is 3.87. The van der Waals surface area contributed by atoms with Crippen LogP contribution in [0.2, 0.25) is 5.02 Å². The van der Waals surface area contributed by atoms with E-state index in [-0.39, 0.29) is 10.8 Å². The van der Waals surface area contributed by atoms with E-state index in [4.69, 9.17) is 11.6 Å². The molecular formula is C18H15ClN2O3S2. The molecule has 8 heteroatoms. The Bertz CT molecular complexity index is 1030. The molecule has 3 aromatic rings. The number of nitrogens with one attached hydrogen (secondary N) is 1. The molecule has 3 rings (SSSR count). The van der Waals surface area contributed by atoms with Gasteiger partial charge >= 0.3 is 0 Å². The largest absolute Gasteiger partial charge is 0.298 e. The van der Waals surface area contributed by atoms with Crippen molar-refractivity contribution in [3.05, 3.63) is 75.8 Å². The summed E-state index contributed by atoms with van der Waals surface area (Å²) in [5.41, 5.74) is 1.47. The molecule has 1 amide bonds. The molecule has 0 spiro atoms. The minimum Gasteiger partial charge on any atom is -0.298 e. The number of hydrogen-bond donors (Lipinski definition) is 1. The standard InChI is InChI=1S/C18H15ClN2O3S2/c1-26(23,24)16-8-4-13(5-9-16)17(22)21-18-20-11-15(25-18)10-12-2-6-14(19)7-3-12/h2-9,11H,10H2,1H3,(H,20,21,22). The van der Waals surface area contributed by atoms with Crippen LogP contribution in [0.1, 0.15) is 20.8 Å². The number of amides is 1. The number of thiazole rings is 1. The Morgan fingerprint density at radius 2 is 1.77 bits per heavy atom. The summed E-state index contributed by atoms with van der Waals surface area (Å²) in [5.74, 6) is -0.336. The van der Waals surface area contributed by atoms with E-state index >= 15 is 0 Å². The van der Waals surface area contributed by atoms with Crippen LogP contribution < -0.4 is 5.32 Å². The highest BCUT2D eigenvalue weighted by Gasteiger charge is 2.12. The van der Waals surface area contributed by atoms with Gasteiger partial charge in [0, 0.05) is 34.3 Å². The predicted octanol–water partition coefficient (Wildman–Crippen LogP) is 4.04. The van der Waals surface area contributed by atoms with Crippen molar-refractivity contribution in [1.29, 1.82) is 0 Å². The van der Waals surface area contributed by atoms with Gasteiger partial charge < -0.3 is 0 Å². The first-order chi connectivity index (χ1) is 12.3. The molecule has 1 N–H and O–H groups in total. The third-order valence-corrected chi connectivity index (χ3v) is 5.90. The predicted molar refractivity (Wildman–Crippen MR) is 104 cm³/mol. The maximum absolute atomic E-state index is 12.3. The number of carbonyl (C=O) groups is 1. The summed E-state index contributed by atoms with van der Waals surface area (Å²) in [6.45, 7) is 0. The number of rotatable bonds is 5. The van der Waals surface area contributed by atoms with Gasteiger partial charge in [-0.25, -0.2) is 13.4 Å². The first-order valence-electron chi connectivity index (χ1n) is 7.62. The summed E-state index contributed by atoms with van der Waals surface area (Å²) in [4.78, 5) is 17.7. The van der Waals surface area contributed by atoms with E-state index < -0.39 is 9.84 Å². The zero-order valence-corrected chi connectivity index (χ0v) is 16.2. The quantitative estimate of drug-likeness (QED) is 0.693. The molecular weight excluding hydrogens is 392 g/mol. The summed E-state index contributed by atoms with van der Waals surface area (Å²) >= 11 is 7.27. The van der Waals surface area contributed by atoms with Crippen LogP contribution in [-0.4, -0.2) is 25.6 Å². The fourth-order valence-electron chi connectivity index (χ4n) is 2.27. The van der Waals surface area contributed by atoms with Crippen LogP contribution in [0.5, 0.6) is 0 Å². The molecule has 1 heterocycles. The molecule has 0 saturated carbocycles. The molecule has 0 aliphatic rings. The van der Waals surface area contributed by atoms with Crippen molar-refractivity contribution in [3.8, 4) is 0 Å². The molecule has 0 fully saturated rings. The number of carbonyl (C=O) groups excluding carboxylic acids is 1. The molecule has 0 radical (unpaired) electrons. The van der Waals surface area contributed by atoms with Crippen LogP contribution in [-0.2, 0) is 16.3 Å². The Labute approximate surface area is 160 Å². The molecule has 0 bridgehead atoms. The van der Waals surface area contributed by atoms with Gasteiger partial charge in [-0.15, -0.1) is 11.3 Å². The fraction of sp³-hybridized carbons (Fsp3) is 0.111. The second kappa shape index (κ2) is 7.57. The van der Waals surface area contributed by atoms with Gasteiger partial charge in [0.2, 0.25) is 0 Å². The average Bonchev–Trinajstić information content (AvgIpc) is 3.03. The van der Waals surface area contributed by atoms with Crippen molar-refractivity contribution < 1.29 is 13.2 Å². The number of benzene rings is 2. The summed E-state index contributed by atoms with van der Waals surface area (Å²) in [6, 6.07) is 13.4. The molecule has 1 aromatic heterocycles. The van der Waals surface area contributed by atoms with Crippen LogP contribution in [0.4, 0.5) is 5.13 Å². The van der Waals surface area contributed by atoms with Crippen molar-refractivity contribution in [2.75, 3.05) is 11.6 Å². The van der Waals surface area contributed by atoms with Crippen LogP contribution in [0.15, 0.2) is 59.6 Å². The number of aromatic nitrogens is 1. The highest BCUT2D eigenvalue weighted by atomic mass is 35.5. The van der Waals surface area contributed by atoms with Gasteiger partial charge in [0.1, 0.15) is 0 Å². The Balaban J connectivity index is 1.66. The Hall–Kier alpha value is -2.22. The zero-order valence-electron chi connectivity index (χ0n) is 13.8. The SMILES string of the molecule is CS(=O)(=O)c1ccc(C(=O)Nc2ncc(Cc3ccc(Cl)cc3)s2)cc1. The molecule has 0 unspecified atom stereocenters. The lowest BCUT2D eigenvalue weighted by Gasteiger charge is -2.03. The molecule has 134 valence electrons. The van der Waals surface area contributed by atoms with Gasteiger partial charge in [0.15, 0.2) is 15.0 Å². The maximum Gasteiger partial charge on any atom is 0.257 e. The summed E-state index contributed by atoms with van der Waals surface area (Å²) in [6.07, 6.45) is 3.55. The first-order valence-corrected chi connectivity index (χ1v) is 10.7. The normalized spacial score (nSPS) is 11.3. The zero-order chi connectivity index (χ0) is 18.7. The van der Waals surface area contributed by atoms with Crippen LogP contribution in [0, 0.1) is 0 Å². The Kier molecular flexibility index (Phi) is 5.41. The topological polar surface area (TPSA) is 76.1 Å². The van der Waals surface area contributed by atoms with Crippen LogP contribution in [0.25, 0.3) is 0 Å². The van der Waals surface area contributed by atoms with E-state index in [9.17, 15) is 13.2 Å². The monoisotopic (exact) mass is 406 g/mol. The third-order valence-electron chi connectivity index (χ3n) is 3.61. The molecule has 0 saturated heterocycles. The van der Waals surface area contributed by atoms with Gasteiger partial charge in [-0.3, -0.25) is 10.1 Å². The second-order valence-electron chi connectivity index (χ2n) is 5.69. The number of hydrogen-bond acceptors (Lipinski definition) is 5. The van der Waals surface area contributed by atoms with Crippen molar-refractivity contribution in [2.24, 2.45) is 0 Å². The van der Waals surface area contributed by atoms with Gasteiger partial charge in [-0.05, 0) is 42.0 Å². The van der Waals surface area contributed by atoms with Crippen LogP contribution >= 0.6 is 22.9 Å². The summed E-state index contributed by atoms with van der Waals surface area (Å²) in [7, 11) is -3.28. The summed E-state index contributed by atoms with van der Waals surface area (Å²) < 4.78 is 22.9. The molecule has 2 aromatic carbocycles. The Morgan fingerprint density at radius 1 is 1.12 bits per heavy atom. The molecule has 0 aliphatic heterocycles. The first kappa shape index (κ1) is 18.6. The Morgan fingerprint density at radius 3 is 2.38 bits per heavy atom. The van der Waals surface area contributed by atoms with E-state index in [1.807, 2.05) is 24.3 Å². The molecule has 26 heavy (non-hydrogen) atoms.